The van der Waals surface area contributed by atoms with E-state index in [0.717, 1.165) is 24.8 Å². The molecule has 1 saturated heterocycles. The molecule has 2 aliphatic rings. The van der Waals surface area contributed by atoms with E-state index >= 15 is 0 Å². The zero-order valence-corrected chi connectivity index (χ0v) is 18.7. The highest BCUT2D eigenvalue weighted by Gasteiger charge is 2.38. The number of methoxy groups -OCH3 is 1. The Bertz CT molecular complexity index is 882. The molecule has 1 amide bonds. The molecule has 168 valence electrons. The number of hydrogen-bond acceptors (Lipinski definition) is 6. The summed E-state index contributed by atoms with van der Waals surface area (Å²) in [6, 6.07) is 5.49. The third kappa shape index (κ3) is 5.10. The van der Waals surface area contributed by atoms with E-state index in [-0.39, 0.29) is 17.6 Å². The molecule has 0 saturated carbocycles. The van der Waals surface area contributed by atoms with Gasteiger partial charge in [-0.1, -0.05) is 13.0 Å². The van der Waals surface area contributed by atoms with Gasteiger partial charge in [0.2, 0.25) is 0 Å². The van der Waals surface area contributed by atoms with Crippen LogP contribution in [0.2, 0.25) is 0 Å². The molecule has 0 spiro atoms. The van der Waals surface area contributed by atoms with Gasteiger partial charge in [-0.2, -0.15) is 0 Å². The van der Waals surface area contributed by atoms with Crippen molar-refractivity contribution in [2.45, 2.75) is 46.1 Å². The average Bonchev–Trinajstić information content (AvgIpc) is 3.36. The fourth-order valence-electron chi connectivity index (χ4n) is 3.82. The number of esters is 1. The highest BCUT2D eigenvalue weighted by atomic mass is 16.5. The lowest BCUT2D eigenvalue weighted by atomic mass is 10.0. The maximum Gasteiger partial charge on any atom is 0.340 e. The average molecular weight is 430 g/mol. The van der Waals surface area contributed by atoms with Gasteiger partial charge in [-0.15, -0.1) is 0 Å². The van der Waals surface area contributed by atoms with E-state index in [1.807, 2.05) is 32.0 Å². The second-order valence-electron chi connectivity index (χ2n) is 7.55. The summed E-state index contributed by atoms with van der Waals surface area (Å²) in [7, 11) is 1.32. The van der Waals surface area contributed by atoms with E-state index in [4.69, 9.17) is 18.9 Å². The first kappa shape index (κ1) is 22.9. The quantitative estimate of drug-likeness (QED) is 0.440. The van der Waals surface area contributed by atoms with Gasteiger partial charge in [0, 0.05) is 12.3 Å². The topological polar surface area (TPSA) is 74.3 Å². The Kier molecular flexibility index (Phi) is 7.74. The van der Waals surface area contributed by atoms with Gasteiger partial charge in [0.05, 0.1) is 44.1 Å². The van der Waals surface area contributed by atoms with E-state index < -0.39 is 5.97 Å². The van der Waals surface area contributed by atoms with E-state index in [1.54, 1.807) is 17.9 Å². The maximum atomic E-state index is 13.3. The van der Waals surface area contributed by atoms with Crippen molar-refractivity contribution in [3.63, 3.8) is 0 Å². The molecular formula is C24H31NO6. The summed E-state index contributed by atoms with van der Waals surface area (Å²) in [5.41, 5.74) is 1.93. The second kappa shape index (κ2) is 10.5. The molecule has 0 bridgehead atoms. The van der Waals surface area contributed by atoms with Crippen LogP contribution in [0, 0.1) is 0 Å². The van der Waals surface area contributed by atoms with Crippen LogP contribution in [0.3, 0.4) is 0 Å². The summed E-state index contributed by atoms with van der Waals surface area (Å²) in [6.45, 7) is 7.92. The van der Waals surface area contributed by atoms with Crippen LogP contribution in [0.15, 0.2) is 35.0 Å². The molecule has 1 atom stereocenters. The Morgan fingerprint density at radius 1 is 1.26 bits per heavy atom. The predicted molar refractivity (Wildman–Crippen MR) is 117 cm³/mol. The van der Waals surface area contributed by atoms with E-state index in [0.29, 0.717) is 49.1 Å². The van der Waals surface area contributed by atoms with Crippen molar-refractivity contribution in [3.05, 3.63) is 40.6 Å². The minimum Gasteiger partial charge on any atom is -0.490 e. The van der Waals surface area contributed by atoms with Crippen molar-refractivity contribution in [2.75, 3.05) is 33.5 Å². The number of allylic oxidation sites excluding steroid dienone is 1. The first-order chi connectivity index (χ1) is 15.0. The van der Waals surface area contributed by atoms with Gasteiger partial charge < -0.3 is 23.8 Å². The van der Waals surface area contributed by atoms with Crippen molar-refractivity contribution < 1.29 is 28.5 Å². The zero-order chi connectivity index (χ0) is 22.4. The molecule has 1 aromatic carbocycles. The highest BCUT2D eigenvalue weighted by Crippen LogP contribution is 2.35. The van der Waals surface area contributed by atoms with Crippen LogP contribution in [-0.2, 0) is 19.1 Å². The number of carbonyl (C=O) groups is 2. The first-order valence-corrected chi connectivity index (χ1v) is 10.8. The molecule has 1 aromatic rings. The molecule has 0 unspecified atom stereocenters. The monoisotopic (exact) mass is 429 g/mol. The van der Waals surface area contributed by atoms with E-state index in [2.05, 4.69) is 0 Å². The Morgan fingerprint density at radius 2 is 2.06 bits per heavy atom. The van der Waals surface area contributed by atoms with Crippen molar-refractivity contribution in [2.24, 2.45) is 0 Å². The van der Waals surface area contributed by atoms with Gasteiger partial charge in [-0.05, 0) is 56.9 Å². The van der Waals surface area contributed by atoms with Crippen molar-refractivity contribution in [1.29, 1.82) is 0 Å². The zero-order valence-electron chi connectivity index (χ0n) is 18.7. The van der Waals surface area contributed by atoms with Crippen LogP contribution in [0.4, 0.5) is 0 Å². The molecule has 1 fully saturated rings. The number of ether oxygens (including phenoxy) is 4. The van der Waals surface area contributed by atoms with Crippen LogP contribution in [0.5, 0.6) is 11.5 Å². The molecule has 0 radical (unpaired) electrons. The number of carbonyl (C=O) groups excluding carboxylic acids is 2. The Morgan fingerprint density at radius 3 is 2.71 bits per heavy atom. The smallest absolute Gasteiger partial charge is 0.340 e. The van der Waals surface area contributed by atoms with Gasteiger partial charge >= 0.3 is 5.97 Å². The first-order valence-electron chi connectivity index (χ1n) is 10.8. The van der Waals surface area contributed by atoms with Gasteiger partial charge in [-0.3, -0.25) is 4.79 Å². The number of rotatable bonds is 9. The summed E-state index contributed by atoms with van der Waals surface area (Å²) in [5.74, 6) is 0.508. The standard InChI is InChI=1S/C24H31NO6/c1-5-11-31-20-10-9-17(14-21(20)29-6-2)13-19-22(24(27)28-4)16(3)25(23(19)26)15-18-8-7-12-30-18/h9-10,13-14,18H,5-8,11-12,15H2,1-4H3/b19-13-/t18-/m1/s1. The largest absolute Gasteiger partial charge is 0.490 e. The Balaban J connectivity index is 1.95. The SMILES string of the molecule is CCCOc1ccc(/C=C2\C(=O)N(C[C@H]3CCCO3)C(C)=C2C(=O)OC)cc1OCC. The van der Waals surface area contributed by atoms with E-state index in [9.17, 15) is 9.59 Å². The van der Waals surface area contributed by atoms with Gasteiger partial charge in [-0.25, -0.2) is 4.79 Å². The molecule has 0 aliphatic carbocycles. The van der Waals surface area contributed by atoms with Crippen LogP contribution < -0.4 is 9.47 Å². The third-order valence-corrected chi connectivity index (χ3v) is 5.35. The van der Waals surface area contributed by atoms with Crippen LogP contribution in [0.25, 0.3) is 6.08 Å². The molecule has 2 heterocycles. The van der Waals surface area contributed by atoms with Gasteiger partial charge in [0.15, 0.2) is 11.5 Å². The second-order valence-corrected chi connectivity index (χ2v) is 7.55. The molecule has 31 heavy (non-hydrogen) atoms. The normalized spacial score (nSPS) is 20.0. The van der Waals surface area contributed by atoms with Crippen molar-refractivity contribution >= 4 is 18.0 Å². The van der Waals surface area contributed by atoms with Gasteiger partial charge in [0.1, 0.15) is 0 Å². The number of nitrogens with zero attached hydrogens (tertiary/aromatic N) is 1. The van der Waals surface area contributed by atoms with Crippen molar-refractivity contribution in [1.82, 2.24) is 4.90 Å². The molecule has 3 rings (SSSR count). The minimum atomic E-state index is -0.528. The van der Waals surface area contributed by atoms with Crippen LogP contribution >= 0.6 is 0 Å². The summed E-state index contributed by atoms with van der Waals surface area (Å²) in [4.78, 5) is 27.4. The lowest BCUT2D eigenvalue weighted by molar-refractivity contribution is -0.136. The van der Waals surface area contributed by atoms with Crippen LogP contribution in [-0.4, -0.2) is 56.4 Å². The molecule has 2 aliphatic heterocycles. The molecule has 0 N–H and O–H groups in total. The molecule has 7 heteroatoms. The number of benzene rings is 1. The summed E-state index contributed by atoms with van der Waals surface area (Å²) >= 11 is 0. The molecule has 7 nitrogen and oxygen atoms in total. The Labute approximate surface area is 183 Å². The predicted octanol–water partition coefficient (Wildman–Crippen LogP) is 3.73. The lowest BCUT2D eigenvalue weighted by Gasteiger charge is -2.21. The molecule has 0 aromatic heterocycles. The third-order valence-electron chi connectivity index (χ3n) is 5.35. The summed E-state index contributed by atoms with van der Waals surface area (Å²) in [6.07, 6.45) is 4.46. The lowest BCUT2D eigenvalue weighted by Crippen LogP contribution is -2.33. The fourth-order valence-corrected chi connectivity index (χ4v) is 3.82. The number of amides is 1. The van der Waals surface area contributed by atoms with E-state index in [1.165, 1.54) is 7.11 Å². The van der Waals surface area contributed by atoms with Gasteiger partial charge in [0.25, 0.3) is 5.91 Å². The fraction of sp³-hybridized carbons (Fsp3) is 0.500. The molecular weight excluding hydrogens is 398 g/mol. The maximum absolute atomic E-state index is 13.3. The highest BCUT2D eigenvalue weighted by molar-refractivity contribution is 6.16. The van der Waals surface area contributed by atoms with Crippen molar-refractivity contribution in [3.8, 4) is 11.5 Å². The Hall–Kier alpha value is -2.80. The summed E-state index contributed by atoms with van der Waals surface area (Å²) in [5, 5.41) is 0. The minimum absolute atomic E-state index is 0.0169. The number of hydrogen-bond donors (Lipinski definition) is 0. The summed E-state index contributed by atoms with van der Waals surface area (Å²) < 4.78 is 22.1. The van der Waals surface area contributed by atoms with Crippen LogP contribution in [0.1, 0.15) is 45.6 Å².